The fraction of sp³-hybridized carbons (Fsp3) is 0.125. The van der Waals surface area contributed by atoms with Crippen LogP contribution >= 0.6 is 0 Å². The van der Waals surface area contributed by atoms with E-state index in [-0.39, 0.29) is 4.90 Å². The largest absolute Gasteiger partial charge is 0.467 e. The van der Waals surface area contributed by atoms with E-state index >= 15 is 0 Å². The molecule has 0 aliphatic rings. The van der Waals surface area contributed by atoms with Crippen LogP contribution in [0.25, 0.3) is 0 Å². The summed E-state index contributed by atoms with van der Waals surface area (Å²) in [7, 11) is -3.66. The Balaban J connectivity index is 1.95. The van der Waals surface area contributed by atoms with Gasteiger partial charge in [-0.3, -0.25) is 0 Å². The summed E-state index contributed by atoms with van der Waals surface area (Å²) in [6.45, 7) is 1.91. The van der Waals surface area contributed by atoms with Crippen LogP contribution in [0, 0.1) is 6.92 Å². The molecule has 0 saturated carbocycles. The lowest BCUT2D eigenvalue weighted by Crippen LogP contribution is -2.29. The highest BCUT2D eigenvalue weighted by Crippen LogP contribution is 2.24. The van der Waals surface area contributed by atoms with Crippen LogP contribution in [0.3, 0.4) is 0 Å². The van der Waals surface area contributed by atoms with Crippen LogP contribution in [0.2, 0.25) is 0 Å². The summed E-state index contributed by atoms with van der Waals surface area (Å²) >= 11 is 0. The van der Waals surface area contributed by atoms with Gasteiger partial charge in [0.25, 0.3) is 0 Å². The molecule has 3 rings (SSSR count). The number of aryl methyl sites for hydroxylation is 1. The molecule has 0 bridgehead atoms. The molecule has 22 heavy (non-hydrogen) atoms. The van der Waals surface area contributed by atoms with Crippen molar-refractivity contribution in [1.82, 2.24) is 9.71 Å². The van der Waals surface area contributed by atoms with E-state index in [1.165, 1.54) is 6.26 Å². The zero-order valence-corrected chi connectivity index (χ0v) is 12.8. The van der Waals surface area contributed by atoms with Gasteiger partial charge in [-0.15, -0.1) is 0 Å². The van der Waals surface area contributed by atoms with Crippen molar-refractivity contribution in [1.29, 1.82) is 0 Å². The Morgan fingerprint density at radius 1 is 1.09 bits per heavy atom. The monoisotopic (exact) mass is 316 g/mol. The summed E-state index contributed by atoms with van der Waals surface area (Å²) < 4.78 is 33.2. The first-order valence-corrected chi connectivity index (χ1v) is 8.30. The van der Waals surface area contributed by atoms with Crippen molar-refractivity contribution in [3.05, 3.63) is 78.0 Å². The molecule has 0 aliphatic carbocycles. The molecular weight excluding hydrogens is 300 g/mol. The molecule has 0 radical (unpaired) electrons. The molecule has 1 unspecified atom stereocenters. The lowest BCUT2D eigenvalue weighted by atomic mass is 10.2. The Morgan fingerprint density at radius 3 is 2.45 bits per heavy atom. The van der Waals surface area contributed by atoms with E-state index in [2.05, 4.69) is 9.71 Å². The minimum atomic E-state index is -3.66. The van der Waals surface area contributed by atoms with Crippen LogP contribution in [0.1, 0.15) is 23.1 Å². The van der Waals surface area contributed by atoms with E-state index in [9.17, 15) is 8.42 Å². The van der Waals surface area contributed by atoms with E-state index in [1.807, 2.05) is 19.1 Å². The van der Waals surface area contributed by atoms with Crippen LogP contribution in [0.4, 0.5) is 0 Å². The van der Waals surface area contributed by atoms with Crippen LogP contribution < -0.4 is 4.72 Å². The van der Waals surface area contributed by atoms with Gasteiger partial charge in [0.15, 0.2) is 0 Å². The first-order chi connectivity index (χ1) is 10.6. The summed E-state index contributed by atoms with van der Waals surface area (Å²) in [5.41, 5.74) is 1.72. The van der Waals surface area contributed by atoms with Gasteiger partial charge in [-0.25, -0.2) is 8.42 Å². The predicted octanol–water partition coefficient (Wildman–Crippen LogP) is 2.98. The number of benzene rings is 1. The first-order valence-electron chi connectivity index (χ1n) is 6.82. The van der Waals surface area contributed by atoms with Crippen LogP contribution in [0.5, 0.6) is 0 Å². The zero-order chi connectivity index (χ0) is 15.6. The van der Waals surface area contributed by atoms with Crippen molar-refractivity contribution in [2.45, 2.75) is 17.9 Å². The molecule has 0 fully saturated rings. The maximum Gasteiger partial charge on any atom is 0.241 e. The van der Waals surface area contributed by atoms with Gasteiger partial charge < -0.3 is 9.40 Å². The van der Waals surface area contributed by atoms with Crippen molar-refractivity contribution in [2.24, 2.45) is 0 Å². The SMILES string of the molecule is Cc1ccc(S(=O)(=O)NC(c2ccc[nH]2)c2ccco2)cc1. The maximum absolute atomic E-state index is 12.6. The van der Waals surface area contributed by atoms with E-state index in [4.69, 9.17) is 4.42 Å². The second-order valence-corrected chi connectivity index (χ2v) is 6.72. The van der Waals surface area contributed by atoms with Crippen molar-refractivity contribution in [2.75, 3.05) is 0 Å². The molecule has 3 aromatic rings. The fourth-order valence-corrected chi connectivity index (χ4v) is 3.38. The quantitative estimate of drug-likeness (QED) is 0.760. The highest BCUT2D eigenvalue weighted by Gasteiger charge is 2.25. The van der Waals surface area contributed by atoms with Gasteiger partial charge in [-0.2, -0.15) is 4.72 Å². The average Bonchev–Trinajstić information content (AvgIpc) is 3.19. The smallest absolute Gasteiger partial charge is 0.241 e. The normalized spacial score (nSPS) is 13.1. The van der Waals surface area contributed by atoms with Crippen molar-refractivity contribution in [3.8, 4) is 0 Å². The van der Waals surface area contributed by atoms with E-state index in [0.717, 1.165) is 5.56 Å². The number of sulfonamides is 1. The van der Waals surface area contributed by atoms with Crippen molar-refractivity contribution < 1.29 is 12.8 Å². The van der Waals surface area contributed by atoms with Gasteiger partial charge in [-0.1, -0.05) is 17.7 Å². The second-order valence-electron chi connectivity index (χ2n) is 5.01. The third kappa shape index (κ3) is 2.98. The standard InChI is InChI=1S/C16H16N2O3S/c1-12-6-8-13(9-7-12)22(19,20)18-16(14-4-2-10-17-14)15-5-3-11-21-15/h2-11,16-18H,1H3. The number of hydrogen-bond acceptors (Lipinski definition) is 3. The number of aromatic amines is 1. The Bertz CT molecular complexity index is 786. The molecule has 2 aromatic heterocycles. The van der Waals surface area contributed by atoms with Crippen LogP contribution in [0.15, 0.2) is 70.3 Å². The van der Waals surface area contributed by atoms with Gasteiger partial charge in [0.05, 0.1) is 11.2 Å². The summed E-state index contributed by atoms with van der Waals surface area (Å²) in [6, 6.07) is 13.2. The number of aromatic nitrogens is 1. The van der Waals surface area contributed by atoms with Crippen LogP contribution in [-0.2, 0) is 10.0 Å². The van der Waals surface area contributed by atoms with E-state index in [0.29, 0.717) is 11.5 Å². The molecule has 0 amide bonds. The number of hydrogen-bond donors (Lipinski definition) is 2. The molecule has 1 atom stereocenters. The highest BCUT2D eigenvalue weighted by atomic mass is 32.2. The molecule has 1 aromatic carbocycles. The van der Waals surface area contributed by atoms with Gasteiger partial charge in [-0.05, 0) is 43.3 Å². The zero-order valence-electron chi connectivity index (χ0n) is 12.0. The minimum Gasteiger partial charge on any atom is -0.467 e. The number of nitrogens with one attached hydrogen (secondary N) is 2. The molecular formula is C16H16N2O3S. The van der Waals surface area contributed by atoms with Gasteiger partial charge >= 0.3 is 0 Å². The molecule has 114 valence electrons. The third-order valence-corrected chi connectivity index (χ3v) is 4.80. The molecule has 0 saturated heterocycles. The molecule has 6 heteroatoms. The van der Waals surface area contributed by atoms with Gasteiger partial charge in [0.2, 0.25) is 10.0 Å². The Kier molecular flexibility index (Phi) is 3.87. The molecule has 0 spiro atoms. The first kappa shape index (κ1) is 14.6. The Morgan fingerprint density at radius 2 is 1.86 bits per heavy atom. The molecule has 5 nitrogen and oxygen atoms in total. The summed E-state index contributed by atoms with van der Waals surface area (Å²) in [5.74, 6) is 0.526. The Labute approximate surface area is 129 Å². The topological polar surface area (TPSA) is 75.1 Å². The average molecular weight is 316 g/mol. The van der Waals surface area contributed by atoms with E-state index < -0.39 is 16.1 Å². The number of furan rings is 1. The van der Waals surface area contributed by atoms with Crippen LogP contribution in [-0.4, -0.2) is 13.4 Å². The van der Waals surface area contributed by atoms with Crippen molar-refractivity contribution in [3.63, 3.8) is 0 Å². The lowest BCUT2D eigenvalue weighted by molar-refractivity contribution is 0.468. The third-order valence-electron chi connectivity index (χ3n) is 3.36. The molecule has 2 N–H and O–H groups in total. The fourth-order valence-electron chi connectivity index (χ4n) is 2.19. The number of rotatable bonds is 5. The maximum atomic E-state index is 12.6. The second kappa shape index (κ2) is 5.82. The van der Waals surface area contributed by atoms with Gasteiger partial charge in [0, 0.05) is 11.9 Å². The van der Waals surface area contributed by atoms with E-state index in [1.54, 1.807) is 42.6 Å². The Hall–Kier alpha value is -2.31. The lowest BCUT2D eigenvalue weighted by Gasteiger charge is -2.16. The summed E-state index contributed by atoms with van der Waals surface area (Å²) in [6.07, 6.45) is 3.26. The van der Waals surface area contributed by atoms with Gasteiger partial charge in [0.1, 0.15) is 11.8 Å². The number of H-pyrrole nitrogens is 1. The molecule has 2 heterocycles. The molecule has 0 aliphatic heterocycles. The highest BCUT2D eigenvalue weighted by molar-refractivity contribution is 7.89. The minimum absolute atomic E-state index is 0.223. The van der Waals surface area contributed by atoms with Crippen molar-refractivity contribution >= 4 is 10.0 Å². The predicted molar refractivity (Wildman–Crippen MR) is 82.8 cm³/mol. The summed E-state index contributed by atoms with van der Waals surface area (Å²) in [4.78, 5) is 3.25. The summed E-state index contributed by atoms with van der Waals surface area (Å²) in [5, 5.41) is 0.